The van der Waals surface area contributed by atoms with E-state index in [0.717, 1.165) is 6.07 Å². The van der Waals surface area contributed by atoms with Crippen LogP contribution in [0, 0.1) is 6.42 Å². The first kappa shape index (κ1) is 18.9. The summed E-state index contributed by atoms with van der Waals surface area (Å²) in [6.07, 6.45) is -0.338. The first-order valence-electron chi connectivity index (χ1n) is 7.77. The minimum Gasteiger partial charge on any atom is -0.497 e. The zero-order valence-electron chi connectivity index (χ0n) is 13.7. The van der Waals surface area contributed by atoms with Gasteiger partial charge in [-0.05, 0) is 53.3 Å². The number of hydrogen-bond donors (Lipinski definition) is 0. The Morgan fingerprint density at radius 1 is 0.962 bits per heavy atom. The second-order valence-electron chi connectivity index (χ2n) is 5.67. The lowest BCUT2D eigenvalue weighted by Crippen LogP contribution is -2.08. The molecule has 0 fully saturated rings. The molecule has 0 saturated carbocycles. The van der Waals surface area contributed by atoms with Gasteiger partial charge in [-0.25, -0.2) is 0 Å². The van der Waals surface area contributed by atoms with E-state index in [4.69, 9.17) is 27.9 Å². The number of benzene rings is 2. The van der Waals surface area contributed by atoms with Crippen LogP contribution in [-0.2, 0) is 6.18 Å². The number of allylic oxidation sites excluding steroid dienone is 4. The molecule has 1 nitrogen and oxygen atoms in total. The Balaban J connectivity index is 2.29. The van der Waals surface area contributed by atoms with E-state index in [0.29, 0.717) is 38.9 Å². The summed E-state index contributed by atoms with van der Waals surface area (Å²) in [5.41, 5.74) is 0.897. The lowest BCUT2D eigenvalue weighted by Gasteiger charge is -2.20. The maximum absolute atomic E-state index is 13.5. The largest absolute Gasteiger partial charge is 0.497 e. The highest BCUT2D eigenvalue weighted by atomic mass is 35.5. The summed E-state index contributed by atoms with van der Waals surface area (Å²) in [5, 5.41) is 0.698. The molecule has 2 aromatic rings. The maximum atomic E-state index is 13.5. The molecule has 0 saturated heterocycles. The van der Waals surface area contributed by atoms with E-state index in [1.54, 1.807) is 30.3 Å². The van der Waals surface area contributed by atoms with Crippen LogP contribution < -0.4 is 4.74 Å². The third kappa shape index (κ3) is 3.62. The highest BCUT2D eigenvalue weighted by Gasteiger charge is 2.34. The van der Waals surface area contributed by atoms with Crippen molar-refractivity contribution in [3.05, 3.63) is 76.2 Å². The molecule has 2 aromatic carbocycles. The quantitative estimate of drug-likeness (QED) is 0.538. The summed E-state index contributed by atoms with van der Waals surface area (Å²) < 4.78 is 45.8. The summed E-state index contributed by atoms with van der Waals surface area (Å²) in [6, 6.07) is 10.4. The zero-order chi connectivity index (χ0) is 18.9. The van der Waals surface area contributed by atoms with Crippen LogP contribution in [0.2, 0.25) is 0 Å². The van der Waals surface area contributed by atoms with Crippen molar-refractivity contribution in [2.45, 2.75) is 12.6 Å². The molecule has 1 radical (unpaired) electrons. The third-order valence-corrected chi connectivity index (χ3v) is 4.95. The monoisotopic (exact) mass is 397 g/mol. The van der Waals surface area contributed by atoms with Gasteiger partial charge in [-0.3, -0.25) is 0 Å². The molecule has 0 unspecified atom stereocenters. The second kappa shape index (κ2) is 7.37. The number of ether oxygens (including phenoxy) is 1. The molecule has 3 rings (SSSR count). The van der Waals surface area contributed by atoms with E-state index in [1.165, 1.54) is 19.2 Å². The van der Waals surface area contributed by atoms with Crippen molar-refractivity contribution in [3.63, 3.8) is 0 Å². The van der Waals surface area contributed by atoms with Crippen molar-refractivity contribution in [2.75, 3.05) is 7.11 Å². The molecule has 0 aliphatic heterocycles. The van der Waals surface area contributed by atoms with Crippen LogP contribution in [0.1, 0.15) is 17.5 Å². The van der Waals surface area contributed by atoms with Gasteiger partial charge in [0.1, 0.15) is 5.75 Å². The fourth-order valence-corrected chi connectivity index (χ4v) is 3.34. The molecule has 0 amide bonds. The molecule has 0 heterocycles. The molecule has 0 bridgehead atoms. The highest BCUT2D eigenvalue weighted by molar-refractivity contribution is 6.46. The number of rotatable bonds is 3. The van der Waals surface area contributed by atoms with Gasteiger partial charge in [0.15, 0.2) is 0 Å². The summed E-state index contributed by atoms with van der Waals surface area (Å²) in [5.74, 6) is 0.454. The Bertz CT molecular complexity index is 898. The summed E-state index contributed by atoms with van der Waals surface area (Å²) in [4.78, 5) is 0. The highest BCUT2D eigenvalue weighted by Crippen LogP contribution is 2.44. The van der Waals surface area contributed by atoms with E-state index in [1.807, 2.05) is 6.42 Å². The van der Waals surface area contributed by atoms with Crippen LogP contribution in [0.15, 0.2) is 58.6 Å². The van der Waals surface area contributed by atoms with Gasteiger partial charge in [0.05, 0.1) is 22.7 Å². The van der Waals surface area contributed by atoms with E-state index in [2.05, 4.69) is 0 Å². The Morgan fingerprint density at radius 3 is 2.38 bits per heavy atom. The Hall–Kier alpha value is -1.91. The molecule has 1 aliphatic rings. The van der Waals surface area contributed by atoms with Crippen molar-refractivity contribution in [1.29, 1.82) is 0 Å². The smallest absolute Gasteiger partial charge is 0.417 e. The summed E-state index contributed by atoms with van der Waals surface area (Å²) in [6.45, 7) is 0. The lowest BCUT2D eigenvalue weighted by molar-refractivity contribution is -0.137. The van der Waals surface area contributed by atoms with Crippen molar-refractivity contribution in [2.24, 2.45) is 0 Å². The van der Waals surface area contributed by atoms with Crippen LogP contribution in [0.3, 0.4) is 0 Å². The van der Waals surface area contributed by atoms with E-state index in [9.17, 15) is 13.2 Å². The molecular formula is C20H14Cl2F3O. The van der Waals surface area contributed by atoms with Gasteiger partial charge in [-0.15, -0.1) is 0 Å². The van der Waals surface area contributed by atoms with Gasteiger partial charge in [0.25, 0.3) is 0 Å². The maximum Gasteiger partial charge on any atom is 0.417 e. The normalized spacial score (nSPS) is 15.1. The van der Waals surface area contributed by atoms with Crippen molar-refractivity contribution >= 4 is 28.8 Å². The SMILES string of the molecule is COc1ccc(C2=C(Cl)C(Cl)=CC[CH]2)c(-c2ccccc2C(F)(F)F)c1. The minimum absolute atomic E-state index is 0.0601. The predicted molar refractivity (Wildman–Crippen MR) is 99.1 cm³/mol. The molecule has 6 heteroatoms. The number of alkyl halides is 3. The van der Waals surface area contributed by atoms with Gasteiger partial charge in [-0.1, -0.05) is 53.5 Å². The Morgan fingerprint density at radius 2 is 1.69 bits per heavy atom. The number of hydrogen-bond acceptors (Lipinski definition) is 1. The Kier molecular flexibility index (Phi) is 5.35. The van der Waals surface area contributed by atoms with Gasteiger partial charge in [0.2, 0.25) is 0 Å². The van der Waals surface area contributed by atoms with E-state index >= 15 is 0 Å². The third-order valence-electron chi connectivity index (χ3n) is 4.10. The number of methoxy groups -OCH3 is 1. The summed E-state index contributed by atoms with van der Waals surface area (Å²) >= 11 is 12.4. The average Bonchev–Trinajstić information content (AvgIpc) is 2.63. The molecule has 0 spiro atoms. The summed E-state index contributed by atoms with van der Waals surface area (Å²) in [7, 11) is 1.47. The fraction of sp³-hybridized carbons (Fsp3) is 0.150. The topological polar surface area (TPSA) is 9.23 Å². The van der Waals surface area contributed by atoms with Gasteiger partial charge >= 0.3 is 6.18 Å². The number of halogens is 5. The first-order valence-corrected chi connectivity index (χ1v) is 8.52. The van der Waals surface area contributed by atoms with Crippen LogP contribution in [-0.4, -0.2) is 7.11 Å². The molecule has 0 atom stereocenters. The standard InChI is InChI=1S/C20H14Cl2F3O/c1-26-12-9-10-13(15-6-4-8-18(21)19(15)22)16(11-12)14-5-2-3-7-17(14)20(23,24)25/h2-3,5-11H,4H2,1H3. The van der Waals surface area contributed by atoms with Crippen LogP contribution in [0.4, 0.5) is 13.2 Å². The predicted octanol–water partition coefficient (Wildman–Crippen LogP) is 7.06. The zero-order valence-corrected chi connectivity index (χ0v) is 15.2. The van der Waals surface area contributed by atoms with Crippen LogP contribution in [0.5, 0.6) is 5.75 Å². The molecule has 135 valence electrons. The van der Waals surface area contributed by atoms with Crippen LogP contribution >= 0.6 is 23.2 Å². The lowest BCUT2D eigenvalue weighted by atomic mass is 9.88. The second-order valence-corrected chi connectivity index (χ2v) is 6.46. The molecule has 26 heavy (non-hydrogen) atoms. The van der Waals surface area contributed by atoms with Gasteiger partial charge in [-0.2, -0.15) is 13.2 Å². The minimum atomic E-state index is -4.48. The van der Waals surface area contributed by atoms with Crippen molar-refractivity contribution in [3.8, 4) is 16.9 Å². The fourth-order valence-electron chi connectivity index (χ4n) is 2.89. The molecule has 1 aliphatic carbocycles. The van der Waals surface area contributed by atoms with Crippen molar-refractivity contribution in [1.82, 2.24) is 0 Å². The van der Waals surface area contributed by atoms with E-state index in [-0.39, 0.29) is 5.56 Å². The molecule has 0 aromatic heterocycles. The van der Waals surface area contributed by atoms with E-state index < -0.39 is 11.7 Å². The Labute approximate surface area is 159 Å². The van der Waals surface area contributed by atoms with Crippen LogP contribution in [0.25, 0.3) is 16.7 Å². The first-order chi connectivity index (χ1) is 12.3. The molecular weight excluding hydrogens is 384 g/mol. The van der Waals surface area contributed by atoms with Gasteiger partial charge < -0.3 is 4.74 Å². The average molecular weight is 398 g/mol. The molecule has 0 N–H and O–H groups in total. The van der Waals surface area contributed by atoms with Crippen molar-refractivity contribution < 1.29 is 17.9 Å². The van der Waals surface area contributed by atoms with Gasteiger partial charge in [0, 0.05) is 0 Å².